The van der Waals surface area contributed by atoms with Crippen molar-refractivity contribution >= 4 is 21.6 Å². The average Bonchev–Trinajstić information content (AvgIpc) is 2.51. The molecule has 0 bridgehead atoms. The number of phenolic OH excluding ortho intramolecular Hbond substituents is 1. The van der Waals surface area contributed by atoms with Gasteiger partial charge in [-0.3, -0.25) is 4.79 Å². The van der Waals surface area contributed by atoms with Crippen LogP contribution in [0.5, 0.6) is 5.75 Å². The molecule has 1 saturated heterocycles. The Kier molecular flexibility index (Phi) is 5.64. The van der Waals surface area contributed by atoms with Gasteiger partial charge in [0.2, 0.25) is 15.9 Å². The van der Waals surface area contributed by atoms with Crippen LogP contribution in [-0.2, 0) is 14.8 Å². The SMILES string of the molecule is CCCS(=O)(=O)N1CCC(C(=O)Nc2cc(C)ccc2O)CC1. The number of phenols is 1. The number of anilines is 1. The molecule has 128 valence electrons. The monoisotopic (exact) mass is 340 g/mol. The van der Waals surface area contributed by atoms with Crippen LogP contribution < -0.4 is 5.32 Å². The quantitative estimate of drug-likeness (QED) is 0.804. The molecule has 7 heteroatoms. The molecule has 1 heterocycles. The molecule has 1 amide bonds. The number of piperidine rings is 1. The zero-order valence-electron chi connectivity index (χ0n) is 13.6. The fourth-order valence-corrected chi connectivity index (χ4v) is 4.31. The molecule has 2 N–H and O–H groups in total. The minimum atomic E-state index is -3.19. The van der Waals surface area contributed by atoms with Gasteiger partial charge in [-0.15, -0.1) is 0 Å². The second kappa shape index (κ2) is 7.31. The molecule has 1 aliphatic heterocycles. The summed E-state index contributed by atoms with van der Waals surface area (Å²) in [6.45, 7) is 4.47. The van der Waals surface area contributed by atoms with Crippen molar-refractivity contribution in [1.82, 2.24) is 4.31 Å². The van der Waals surface area contributed by atoms with E-state index in [0.717, 1.165) is 5.56 Å². The highest BCUT2D eigenvalue weighted by molar-refractivity contribution is 7.89. The molecule has 1 aromatic carbocycles. The van der Waals surface area contributed by atoms with Crippen molar-refractivity contribution in [3.8, 4) is 5.75 Å². The molecule has 0 radical (unpaired) electrons. The molecule has 0 aliphatic carbocycles. The van der Waals surface area contributed by atoms with E-state index < -0.39 is 10.0 Å². The maximum Gasteiger partial charge on any atom is 0.227 e. The average molecular weight is 340 g/mol. The van der Waals surface area contributed by atoms with Crippen LogP contribution in [0.25, 0.3) is 0 Å². The van der Waals surface area contributed by atoms with Gasteiger partial charge in [-0.05, 0) is 43.9 Å². The topological polar surface area (TPSA) is 86.7 Å². The highest BCUT2D eigenvalue weighted by Crippen LogP contribution is 2.27. The second-order valence-electron chi connectivity index (χ2n) is 6.00. The molecule has 0 aromatic heterocycles. The van der Waals surface area contributed by atoms with Gasteiger partial charge in [0.25, 0.3) is 0 Å². The highest BCUT2D eigenvalue weighted by atomic mass is 32.2. The Morgan fingerprint density at radius 3 is 2.61 bits per heavy atom. The Morgan fingerprint density at radius 1 is 1.35 bits per heavy atom. The predicted octanol–water partition coefficient (Wildman–Crippen LogP) is 2.09. The summed E-state index contributed by atoms with van der Waals surface area (Å²) in [7, 11) is -3.19. The van der Waals surface area contributed by atoms with Crippen LogP contribution in [0.1, 0.15) is 31.7 Å². The number of nitrogens with zero attached hydrogens (tertiary/aromatic N) is 1. The maximum absolute atomic E-state index is 12.3. The first-order chi connectivity index (χ1) is 10.8. The Hall–Kier alpha value is -1.60. The number of rotatable bonds is 5. The van der Waals surface area contributed by atoms with E-state index in [2.05, 4.69) is 5.32 Å². The maximum atomic E-state index is 12.3. The summed E-state index contributed by atoms with van der Waals surface area (Å²) >= 11 is 0. The number of hydrogen-bond donors (Lipinski definition) is 2. The summed E-state index contributed by atoms with van der Waals surface area (Å²) < 4.78 is 25.5. The van der Waals surface area contributed by atoms with Crippen LogP contribution in [0, 0.1) is 12.8 Å². The fourth-order valence-electron chi connectivity index (χ4n) is 2.77. The van der Waals surface area contributed by atoms with Crippen LogP contribution in [0.4, 0.5) is 5.69 Å². The van der Waals surface area contributed by atoms with Crippen molar-refractivity contribution in [2.24, 2.45) is 5.92 Å². The van der Waals surface area contributed by atoms with Gasteiger partial charge in [-0.25, -0.2) is 12.7 Å². The fraction of sp³-hybridized carbons (Fsp3) is 0.562. The molecular weight excluding hydrogens is 316 g/mol. The lowest BCUT2D eigenvalue weighted by Gasteiger charge is -2.30. The minimum absolute atomic E-state index is 0.0342. The number of benzene rings is 1. The van der Waals surface area contributed by atoms with E-state index in [0.29, 0.717) is 38.0 Å². The van der Waals surface area contributed by atoms with Gasteiger partial charge in [0.1, 0.15) is 5.75 Å². The normalized spacial score (nSPS) is 17.1. The Balaban J connectivity index is 1.95. The van der Waals surface area contributed by atoms with Crippen LogP contribution in [-0.4, -0.2) is 42.6 Å². The van der Waals surface area contributed by atoms with Gasteiger partial charge >= 0.3 is 0 Å². The van der Waals surface area contributed by atoms with E-state index in [4.69, 9.17) is 0 Å². The molecule has 1 aromatic rings. The number of carbonyl (C=O) groups is 1. The summed E-state index contributed by atoms with van der Waals surface area (Å²) in [6.07, 6.45) is 1.60. The van der Waals surface area contributed by atoms with Crippen molar-refractivity contribution < 1.29 is 18.3 Å². The molecule has 1 fully saturated rings. The Bertz CT molecular complexity index is 665. The minimum Gasteiger partial charge on any atom is -0.506 e. The van der Waals surface area contributed by atoms with E-state index in [1.165, 1.54) is 4.31 Å². The Morgan fingerprint density at radius 2 is 2.00 bits per heavy atom. The van der Waals surface area contributed by atoms with Gasteiger partial charge in [-0.2, -0.15) is 0 Å². The highest BCUT2D eigenvalue weighted by Gasteiger charge is 2.30. The van der Waals surface area contributed by atoms with Crippen molar-refractivity contribution in [2.45, 2.75) is 33.1 Å². The third kappa shape index (κ3) is 4.45. The van der Waals surface area contributed by atoms with Gasteiger partial charge < -0.3 is 10.4 Å². The summed E-state index contributed by atoms with van der Waals surface area (Å²) in [5, 5.41) is 12.5. The molecule has 2 rings (SSSR count). The van der Waals surface area contributed by atoms with E-state index in [9.17, 15) is 18.3 Å². The molecule has 0 saturated carbocycles. The van der Waals surface area contributed by atoms with Crippen molar-refractivity contribution in [1.29, 1.82) is 0 Å². The molecule has 6 nitrogen and oxygen atoms in total. The van der Waals surface area contributed by atoms with Crippen LogP contribution in [0.2, 0.25) is 0 Å². The molecule has 0 unspecified atom stereocenters. The number of aryl methyl sites for hydroxylation is 1. The zero-order valence-corrected chi connectivity index (χ0v) is 14.4. The van der Waals surface area contributed by atoms with Gasteiger partial charge in [0, 0.05) is 19.0 Å². The first kappa shape index (κ1) is 17.7. The Labute approximate surface area is 137 Å². The molecule has 1 aliphatic rings. The van der Waals surface area contributed by atoms with E-state index in [-0.39, 0.29) is 23.3 Å². The first-order valence-electron chi connectivity index (χ1n) is 7.92. The van der Waals surface area contributed by atoms with Gasteiger partial charge in [-0.1, -0.05) is 13.0 Å². The number of nitrogens with one attached hydrogen (secondary N) is 1. The zero-order chi connectivity index (χ0) is 17.0. The van der Waals surface area contributed by atoms with E-state index in [1.54, 1.807) is 18.2 Å². The largest absolute Gasteiger partial charge is 0.506 e. The molecule has 0 spiro atoms. The third-order valence-corrected chi connectivity index (χ3v) is 6.17. The molecular formula is C16H24N2O4S. The van der Waals surface area contributed by atoms with E-state index >= 15 is 0 Å². The lowest BCUT2D eigenvalue weighted by atomic mass is 9.97. The number of carbonyl (C=O) groups excluding carboxylic acids is 1. The molecule has 23 heavy (non-hydrogen) atoms. The number of aromatic hydroxyl groups is 1. The predicted molar refractivity (Wildman–Crippen MR) is 89.8 cm³/mol. The van der Waals surface area contributed by atoms with Crippen molar-refractivity contribution in [3.05, 3.63) is 23.8 Å². The number of sulfonamides is 1. The van der Waals surface area contributed by atoms with E-state index in [1.807, 2.05) is 13.8 Å². The van der Waals surface area contributed by atoms with Crippen molar-refractivity contribution in [3.63, 3.8) is 0 Å². The summed E-state index contributed by atoms with van der Waals surface area (Å²) in [6, 6.07) is 5.03. The van der Waals surface area contributed by atoms with Gasteiger partial charge in [0.05, 0.1) is 11.4 Å². The first-order valence-corrected chi connectivity index (χ1v) is 9.52. The van der Waals surface area contributed by atoms with Crippen LogP contribution in [0.15, 0.2) is 18.2 Å². The standard InChI is InChI=1S/C16H24N2O4S/c1-3-10-23(21,22)18-8-6-13(7-9-18)16(20)17-14-11-12(2)4-5-15(14)19/h4-5,11,13,19H,3,6-10H2,1-2H3,(H,17,20). The summed E-state index contributed by atoms with van der Waals surface area (Å²) in [4.78, 5) is 12.3. The smallest absolute Gasteiger partial charge is 0.227 e. The second-order valence-corrected chi connectivity index (χ2v) is 8.09. The van der Waals surface area contributed by atoms with Crippen LogP contribution in [0.3, 0.4) is 0 Å². The number of hydrogen-bond acceptors (Lipinski definition) is 4. The van der Waals surface area contributed by atoms with Gasteiger partial charge in [0.15, 0.2) is 0 Å². The lowest BCUT2D eigenvalue weighted by molar-refractivity contribution is -0.120. The summed E-state index contributed by atoms with van der Waals surface area (Å²) in [5.41, 5.74) is 1.34. The lowest BCUT2D eigenvalue weighted by Crippen LogP contribution is -2.42. The van der Waals surface area contributed by atoms with Crippen molar-refractivity contribution in [2.75, 3.05) is 24.2 Å². The summed E-state index contributed by atoms with van der Waals surface area (Å²) in [5.74, 6) is -0.213. The number of amides is 1. The van der Waals surface area contributed by atoms with Crippen LogP contribution >= 0.6 is 0 Å². The third-order valence-electron chi connectivity index (χ3n) is 4.09. The molecule has 0 atom stereocenters.